The van der Waals surface area contributed by atoms with E-state index in [9.17, 15) is 4.39 Å². The molecule has 0 spiro atoms. The van der Waals surface area contributed by atoms with Crippen molar-refractivity contribution in [2.45, 2.75) is 44.3 Å². The van der Waals surface area contributed by atoms with Crippen LogP contribution < -0.4 is 0 Å². The predicted molar refractivity (Wildman–Crippen MR) is 105 cm³/mol. The third-order valence-corrected chi connectivity index (χ3v) is 6.50. The van der Waals surface area contributed by atoms with Gasteiger partial charge in [0, 0.05) is 42.2 Å². The fourth-order valence-corrected chi connectivity index (χ4v) is 4.89. The van der Waals surface area contributed by atoms with E-state index < -0.39 is 0 Å². The summed E-state index contributed by atoms with van der Waals surface area (Å²) in [6.45, 7) is 6.75. The zero-order valence-corrected chi connectivity index (χ0v) is 16.4. The molecule has 0 radical (unpaired) electrons. The molecule has 1 aliphatic carbocycles. The lowest BCUT2D eigenvalue weighted by molar-refractivity contribution is 0.0271. The van der Waals surface area contributed by atoms with Crippen molar-refractivity contribution >= 4 is 11.6 Å². The van der Waals surface area contributed by atoms with E-state index in [1.807, 2.05) is 18.2 Å². The van der Waals surface area contributed by atoms with Gasteiger partial charge in [-0.15, -0.1) is 0 Å². The van der Waals surface area contributed by atoms with Gasteiger partial charge in [-0.25, -0.2) is 4.39 Å². The molecule has 0 saturated carbocycles. The van der Waals surface area contributed by atoms with Gasteiger partial charge in [0.2, 0.25) is 0 Å². The van der Waals surface area contributed by atoms with E-state index in [2.05, 4.69) is 42.8 Å². The predicted octanol–water partition coefficient (Wildman–Crippen LogP) is 5.08. The first-order valence-electron chi connectivity index (χ1n) is 9.45. The number of nitrogens with zero attached hydrogens (tertiary/aromatic N) is 2. The van der Waals surface area contributed by atoms with Gasteiger partial charge < -0.3 is 4.90 Å². The van der Waals surface area contributed by atoms with Crippen LogP contribution in [0.2, 0.25) is 5.02 Å². The number of benzene rings is 2. The Bertz CT molecular complexity index is 791. The first kappa shape index (κ1) is 18.0. The number of hydrogen-bond donors (Lipinski definition) is 0. The van der Waals surface area contributed by atoms with E-state index in [0.717, 1.165) is 24.5 Å². The fraction of sp³-hybridized carbons (Fsp3) is 0.455. The Morgan fingerprint density at radius 1 is 0.962 bits per heavy atom. The molecule has 0 N–H and O–H groups in total. The Morgan fingerprint density at radius 3 is 2.42 bits per heavy atom. The van der Waals surface area contributed by atoms with Crippen molar-refractivity contribution < 1.29 is 4.39 Å². The standard InChI is InChI=1S/C22H26ClFN2/c1-14-13-26(15(2)12-25(14)3)22-11-20(16-4-7-18(24)8-5-16)19-9-6-17(23)10-21(19)22/h4-10,14-15,20,22H,11-13H2,1-3H3/t14-,15+,20-,22+/m1/s1. The number of piperazine rings is 1. The molecule has 0 amide bonds. The Morgan fingerprint density at radius 2 is 1.69 bits per heavy atom. The van der Waals surface area contributed by atoms with E-state index in [1.54, 1.807) is 12.1 Å². The van der Waals surface area contributed by atoms with Crippen molar-refractivity contribution in [3.05, 3.63) is 70.0 Å². The topological polar surface area (TPSA) is 6.48 Å². The maximum atomic E-state index is 13.4. The van der Waals surface area contributed by atoms with Gasteiger partial charge in [-0.1, -0.05) is 29.8 Å². The van der Waals surface area contributed by atoms with E-state index in [1.165, 1.54) is 16.7 Å². The summed E-state index contributed by atoms with van der Waals surface area (Å²) in [6.07, 6.45) is 1.03. The molecule has 0 bridgehead atoms. The van der Waals surface area contributed by atoms with Crippen molar-refractivity contribution in [2.24, 2.45) is 0 Å². The summed E-state index contributed by atoms with van der Waals surface area (Å²) in [5.41, 5.74) is 3.87. The van der Waals surface area contributed by atoms with Crippen molar-refractivity contribution in [3.8, 4) is 0 Å². The minimum absolute atomic E-state index is 0.179. The molecule has 4 heteroatoms. The number of fused-ring (bicyclic) bond motifs is 1. The van der Waals surface area contributed by atoms with Crippen molar-refractivity contribution in [1.29, 1.82) is 0 Å². The van der Waals surface area contributed by atoms with Crippen molar-refractivity contribution in [1.82, 2.24) is 9.80 Å². The van der Waals surface area contributed by atoms with E-state index in [4.69, 9.17) is 11.6 Å². The Labute approximate surface area is 160 Å². The molecular weight excluding hydrogens is 347 g/mol. The number of rotatable bonds is 2. The first-order chi connectivity index (χ1) is 12.4. The van der Waals surface area contributed by atoms with Crippen LogP contribution in [0.1, 0.15) is 48.9 Å². The summed E-state index contributed by atoms with van der Waals surface area (Å²) in [7, 11) is 2.21. The molecular formula is C22H26ClFN2. The molecule has 0 aromatic heterocycles. The zero-order chi connectivity index (χ0) is 18.4. The average Bonchev–Trinajstić information content (AvgIpc) is 2.97. The molecule has 2 nitrogen and oxygen atoms in total. The minimum Gasteiger partial charge on any atom is -0.301 e. The van der Waals surface area contributed by atoms with Gasteiger partial charge in [0.25, 0.3) is 0 Å². The van der Waals surface area contributed by atoms with Gasteiger partial charge in [-0.3, -0.25) is 4.90 Å². The summed E-state index contributed by atoms with van der Waals surface area (Å²) in [5.74, 6) is 0.121. The van der Waals surface area contributed by atoms with E-state index in [0.29, 0.717) is 24.0 Å². The van der Waals surface area contributed by atoms with E-state index >= 15 is 0 Å². The van der Waals surface area contributed by atoms with Crippen LogP contribution in [0.4, 0.5) is 4.39 Å². The zero-order valence-electron chi connectivity index (χ0n) is 15.6. The Hall–Kier alpha value is -1.42. The molecule has 0 unspecified atom stereocenters. The highest BCUT2D eigenvalue weighted by molar-refractivity contribution is 6.30. The van der Waals surface area contributed by atoms with Crippen LogP contribution in [0.5, 0.6) is 0 Å². The lowest BCUT2D eigenvalue weighted by Gasteiger charge is -2.45. The summed E-state index contributed by atoms with van der Waals surface area (Å²) in [6, 6.07) is 14.7. The number of hydrogen-bond acceptors (Lipinski definition) is 2. The Kier molecular flexibility index (Phi) is 4.81. The van der Waals surface area contributed by atoms with Gasteiger partial charge >= 0.3 is 0 Å². The maximum absolute atomic E-state index is 13.4. The highest BCUT2D eigenvalue weighted by atomic mass is 35.5. The molecule has 1 heterocycles. The maximum Gasteiger partial charge on any atom is 0.123 e. The molecule has 2 aromatic rings. The lowest BCUT2D eigenvalue weighted by atomic mass is 9.93. The third kappa shape index (κ3) is 3.17. The summed E-state index contributed by atoms with van der Waals surface area (Å²) >= 11 is 6.35. The van der Waals surface area contributed by atoms with Gasteiger partial charge in [-0.05, 0) is 68.3 Å². The fourth-order valence-electron chi connectivity index (χ4n) is 4.71. The molecule has 2 aromatic carbocycles. The van der Waals surface area contributed by atoms with Crippen LogP contribution in [0.25, 0.3) is 0 Å². The van der Waals surface area contributed by atoms with Crippen LogP contribution in [0.3, 0.4) is 0 Å². The minimum atomic E-state index is -0.179. The monoisotopic (exact) mass is 372 g/mol. The normalized spacial score (nSPS) is 29.7. The highest BCUT2D eigenvalue weighted by Crippen LogP contribution is 2.48. The van der Waals surface area contributed by atoms with Crippen LogP contribution in [0, 0.1) is 5.82 Å². The summed E-state index contributed by atoms with van der Waals surface area (Å²) < 4.78 is 13.4. The third-order valence-electron chi connectivity index (χ3n) is 6.26. The quantitative estimate of drug-likeness (QED) is 0.725. The van der Waals surface area contributed by atoms with Gasteiger partial charge in [-0.2, -0.15) is 0 Å². The molecule has 4 atom stereocenters. The molecule has 26 heavy (non-hydrogen) atoms. The molecule has 1 aliphatic heterocycles. The van der Waals surface area contributed by atoms with Crippen LogP contribution in [-0.4, -0.2) is 42.0 Å². The summed E-state index contributed by atoms with van der Waals surface area (Å²) in [4.78, 5) is 5.08. The van der Waals surface area contributed by atoms with Crippen LogP contribution in [0.15, 0.2) is 42.5 Å². The lowest BCUT2D eigenvalue weighted by Crippen LogP contribution is -2.55. The molecule has 138 valence electrons. The Balaban J connectivity index is 1.71. The number of halogens is 2. The van der Waals surface area contributed by atoms with Crippen molar-refractivity contribution in [2.75, 3.05) is 20.1 Å². The van der Waals surface area contributed by atoms with Gasteiger partial charge in [0.1, 0.15) is 5.82 Å². The second-order valence-electron chi connectivity index (χ2n) is 7.96. The number of likely N-dealkylation sites (N-methyl/N-ethyl adjacent to an activating group) is 1. The second kappa shape index (κ2) is 6.95. The van der Waals surface area contributed by atoms with E-state index in [-0.39, 0.29) is 5.82 Å². The molecule has 1 saturated heterocycles. The molecule has 1 fully saturated rings. The molecule has 4 rings (SSSR count). The van der Waals surface area contributed by atoms with Crippen LogP contribution >= 0.6 is 11.6 Å². The van der Waals surface area contributed by atoms with Gasteiger partial charge in [0.05, 0.1) is 0 Å². The van der Waals surface area contributed by atoms with Crippen molar-refractivity contribution in [3.63, 3.8) is 0 Å². The smallest absolute Gasteiger partial charge is 0.123 e. The largest absolute Gasteiger partial charge is 0.301 e. The highest BCUT2D eigenvalue weighted by Gasteiger charge is 2.39. The SMILES string of the molecule is C[C@@H]1CN([C@H]2C[C@H](c3ccc(F)cc3)c3ccc(Cl)cc32)[C@@H](C)CN1C. The average molecular weight is 373 g/mol. The van der Waals surface area contributed by atoms with Gasteiger partial charge in [0.15, 0.2) is 0 Å². The first-order valence-corrected chi connectivity index (χ1v) is 9.82. The van der Waals surface area contributed by atoms with Crippen LogP contribution in [-0.2, 0) is 0 Å². The summed E-state index contributed by atoms with van der Waals surface area (Å²) in [5, 5.41) is 0.795. The second-order valence-corrected chi connectivity index (χ2v) is 8.40. The molecule has 2 aliphatic rings.